The molecule has 20 heavy (non-hydrogen) atoms. The van der Waals surface area contributed by atoms with Gasteiger partial charge in [0, 0.05) is 16.7 Å². The second-order valence-electron chi connectivity index (χ2n) is 3.79. The van der Waals surface area contributed by atoms with Crippen molar-refractivity contribution in [1.29, 1.82) is 5.41 Å². The SMILES string of the molecule is N=C(N)c1ccncc1Oc1cc(Br)cc([N+](=O)[O-])c1. The lowest BCUT2D eigenvalue weighted by Crippen LogP contribution is -2.12. The van der Waals surface area contributed by atoms with Crippen molar-refractivity contribution in [2.24, 2.45) is 5.73 Å². The molecule has 1 aromatic carbocycles. The van der Waals surface area contributed by atoms with E-state index < -0.39 is 4.92 Å². The molecule has 0 saturated carbocycles. The number of rotatable bonds is 4. The van der Waals surface area contributed by atoms with Crippen molar-refractivity contribution in [3.63, 3.8) is 0 Å². The second kappa shape index (κ2) is 5.66. The summed E-state index contributed by atoms with van der Waals surface area (Å²) in [4.78, 5) is 14.2. The Hall–Kier alpha value is -2.48. The van der Waals surface area contributed by atoms with E-state index in [-0.39, 0.29) is 23.0 Å². The van der Waals surface area contributed by atoms with E-state index in [1.807, 2.05) is 0 Å². The number of hydrogen-bond acceptors (Lipinski definition) is 5. The lowest BCUT2D eigenvalue weighted by atomic mass is 10.2. The number of halogens is 1. The Labute approximate surface area is 122 Å². The van der Waals surface area contributed by atoms with Gasteiger partial charge in [-0.05, 0) is 12.1 Å². The molecule has 3 N–H and O–H groups in total. The molecule has 8 heteroatoms. The van der Waals surface area contributed by atoms with Gasteiger partial charge in [-0.15, -0.1) is 0 Å². The van der Waals surface area contributed by atoms with Gasteiger partial charge < -0.3 is 10.5 Å². The molecule has 0 bridgehead atoms. The number of non-ortho nitro benzene ring substituents is 1. The van der Waals surface area contributed by atoms with Gasteiger partial charge in [-0.25, -0.2) is 0 Å². The minimum absolute atomic E-state index is 0.109. The van der Waals surface area contributed by atoms with Crippen LogP contribution in [0.4, 0.5) is 5.69 Å². The molecule has 0 aliphatic rings. The third-order valence-corrected chi connectivity index (χ3v) is 2.83. The average Bonchev–Trinajstić information content (AvgIpc) is 2.38. The summed E-state index contributed by atoms with van der Waals surface area (Å²) in [7, 11) is 0. The first-order valence-electron chi connectivity index (χ1n) is 5.38. The van der Waals surface area contributed by atoms with E-state index >= 15 is 0 Å². The number of nitrogens with zero attached hydrogens (tertiary/aromatic N) is 2. The Morgan fingerprint density at radius 3 is 2.85 bits per heavy atom. The van der Waals surface area contributed by atoms with Crippen LogP contribution in [-0.2, 0) is 0 Å². The molecule has 0 spiro atoms. The average molecular weight is 337 g/mol. The van der Waals surface area contributed by atoms with Gasteiger partial charge in [-0.1, -0.05) is 15.9 Å². The number of ether oxygens (including phenoxy) is 1. The smallest absolute Gasteiger partial charge is 0.274 e. The van der Waals surface area contributed by atoms with Crippen molar-refractivity contribution in [3.05, 3.63) is 56.8 Å². The largest absolute Gasteiger partial charge is 0.455 e. The normalized spacial score (nSPS) is 10.1. The van der Waals surface area contributed by atoms with Crippen LogP contribution in [0.25, 0.3) is 0 Å². The van der Waals surface area contributed by atoms with Gasteiger partial charge in [-0.3, -0.25) is 20.5 Å². The number of hydrogen-bond donors (Lipinski definition) is 2. The van der Waals surface area contributed by atoms with E-state index in [0.29, 0.717) is 10.0 Å². The Morgan fingerprint density at radius 2 is 2.20 bits per heavy atom. The standard InChI is InChI=1S/C12H9BrN4O3/c13-7-3-8(17(18)19)5-9(4-7)20-11-6-16-2-1-10(11)12(14)15/h1-6H,(H3,14,15). The molecule has 0 fully saturated rings. The molecular formula is C12H9BrN4O3. The number of nitro groups is 1. The van der Waals surface area contributed by atoms with Crippen molar-refractivity contribution in [2.75, 3.05) is 0 Å². The highest BCUT2D eigenvalue weighted by atomic mass is 79.9. The first-order chi connectivity index (χ1) is 9.47. The van der Waals surface area contributed by atoms with E-state index in [1.54, 1.807) is 6.07 Å². The molecule has 1 heterocycles. The first-order valence-corrected chi connectivity index (χ1v) is 6.18. The van der Waals surface area contributed by atoms with Crippen LogP contribution < -0.4 is 10.5 Å². The quantitative estimate of drug-likeness (QED) is 0.385. The van der Waals surface area contributed by atoms with Crippen molar-refractivity contribution >= 4 is 27.5 Å². The number of benzene rings is 1. The maximum absolute atomic E-state index is 10.8. The molecule has 1 aromatic heterocycles. The molecule has 0 atom stereocenters. The molecule has 7 nitrogen and oxygen atoms in total. The van der Waals surface area contributed by atoms with Crippen LogP contribution in [-0.4, -0.2) is 15.7 Å². The van der Waals surface area contributed by atoms with Crippen molar-refractivity contribution in [2.45, 2.75) is 0 Å². The molecule has 0 saturated heterocycles. The highest BCUT2D eigenvalue weighted by Gasteiger charge is 2.12. The van der Waals surface area contributed by atoms with Crippen molar-refractivity contribution in [3.8, 4) is 11.5 Å². The zero-order chi connectivity index (χ0) is 14.7. The van der Waals surface area contributed by atoms with Gasteiger partial charge in [0.15, 0.2) is 5.75 Å². The second-order valence-corrected chi connectivity index (χ2v) is 4.71. The maximum Gasteiger partial charge on any atom is 0.274 e. The molecular weight excluding hydrogens is 328 g/mol. The summed E-state index contributed by atoms with van der Waals surface area (Å²) in [5.74, 6) is 0.334. The summed E-state index contributed by atoms with van der Waals surface area (Å²) < 4.78 is 6.03. The predicted octanol–water partition coefficient (Wildman–Crippen LogP) is 2.83. The van der Waals surface area contributed by atoms with Crippen molar-refractivity contribution < 1.29 is 9.66 Å². The van der Waals surface area contributed by atoms with Crippen LogP contribution in [0.3, 0.4) is 0 Å². The van der Waals surface area contributed by atoms with Crippen LogP contribution in [0, 0.1) is 15.5 Å². The highest BCUT2D eigenvalue weighted by Crippen LogP contribution is 2.30. The number of nitrogens with one attached hydrogen (secondary N) is 1. The van der Waals surface area contributed by atoms with E-state index in [2.05, 4.69) is 20.9 Å². The lowest BCUT2D eigenvalue weighted by molar-refractivity contribution is -0.385. The monoisotopic (exact) mass is 336 g/mol. The molecule has 0 unspecified atom stereocenters. The molecule has 0 radical (unpaired) electrons. The van der Waals surface area contributed by atoms with Crippen LogP contribution in [0.5, 0.6) is 11.5 Å². The number of nitrogen functional groups attached to an aromatic ring is 1. The first kappa shape index (κ1) is 13.9. The molecule has 2 rings (SSSR count). The molecule has 0 aliphatic carbocycles. The summed E-state index contributed by atoms with van der Waals surface area (Å²) >= 11 is 3.18. The Kier molecular flexibility index (Phi) is 3.94. The fourth-order valence-corrected chi connectivity index (χ4v) is 1.98. The molecule has 0 aliphatic heterocycles. The predicted molar refractivity (Wildman–Crippen MR) is 76.1 cm³/mol. The Bertz CT molecular complexity index is 690. The van der Waals surface area contributed by atoms with Crippen LogP contribution in [0.1, 0.15) is 5.56 Å². The van der Waals surface area contributed by atoms with E-state index in [9.17, 15) is 10.1 Å². The van der Waals surface area contributed by atoms with Gasteiger partial charge in [0.2, 0.25) is 0 Å². The van der Waals surface area contributed by atoms with Gasteiger partial charge in [0.25, 0.3) is 5.69 Å². The van der Waals surface area contributed by atoms with Crippen LogP contribution in [0.15, 0.2) is 41.1 Å². The minimum Gasteiger partial charge on any atom is -0.455 e. The zero-order valence-corrected chi connectivity index (χ0v) is 11.6. The van der Waals surface area contributed by atoms with Gasteiger partial charge in [-0.2, -0.15) is 0 Å². The number of aromatic nitrogens is 1. The summed E-state index contributed by atoms with van der Waals surface area (Å²) in [5.41, 5.74) is 5.69. The van der Waals surface area contributed by atoms with E-state index in [1.165, 1.54) is 30.6 Å². The Balaban J connectivity index is 2.40. The topological polar surface area (TPSA) is 115 Å². The number of amidine groups is 1. The number of nitrogens with two attached hydrogens (primary N) is 1. The third-order valence-electron chi connectivity index (χ3n) is 2.37. The summed E-state index contributed by atoms with van der Waals surface area (Å²) in [6.07, 6.45) is 2.87. The lowest BCUT2D eigenvalue weighted by Gasteiger charge is -2.09. The molecule has 0 amide bonds. The zero-order valence-electron chi connectivity index (χ0n) is 10.0. The fraction of sp³-hybridized carbons (Fsp3) is 0. The number of nitro benzene ring substituents is 1. The van der Waals surface area contributed by atoms with Crippen LogP contribution in [0.2, 0.25) is 0 Å². The summed E-state index contributed by atoms with van der Waals surface area (Å²) in [5, 5.41) is 18.2. The number of pyridine rings is 1. The maximum atomic E-state index is 10.8. The summed E-state index contributed by atoms with van der Waals surface area (Å²) in [6, 6.07) is 5.75. The molecule has 2 aromatic rings. The van der Waals surface area contributed by atoms with E-state index in [0.717, 1.165) is 0 Å². The Morgan fingerprint density at radius 1 is 1.45 bits per heavy atom. The summed E-state index contributed by atoms with van der Waals surface area (Å²) in [6.45, 7) is 0. The van der Waals surface area contributed by atoms with Gasteiger partial charge in [0.05, 0.1) is 22.7 Å². The fourth-order valence-electron chi connectivity index (χ4n) is 1.52. The highest BCUT2D eigenvalue weighted by molar-refractivity contribution is 9.10. The van der Waals surface area contributed by atoms with Crippen LogP contribution >= 0.6 is 15.9 Å². The minimum atomic E-state index is -0.521. The van der Waals surface area contributed by atoms with Gasteiger partial charge >= 0.3 is 0 Å². The van der Waals surface area contributed by atoms with Gasteiger partial charge in [0.1, 0.15) is 11.6 Å². The van der Waals surface area contributed by atoms with E-state index in [4.69, 9.17) is 15.9 Å². The third kappa shape index (κ3) is 3.09. The molecule has 102 valence electrons. The van der Waals surface area contributed by atoms with Crippen molar-refractivity contribution in [1.82, 2.24) is 4.98 Å².